The van der Waals surface area contributed by atoms with Gasteiger partial charge >= 0.3 is 0 Å². The Hall–Kier alpha value is -2.41. The van der Waals surface area contributed by atoms with Gasteiger partial charge in [0.05, 0.1) is 12.2 Å². The third kappa shape index (κ3) is 5.53. The molecule has 0 aliphatic rings. The highest BCUT2D eigenvalue weighted by Crippen LogP contribution is 2.17. The van der Waals surface area contributed by atoms with Crippen molar-refractivity contribution in [1.29, 1.82) is 0 Å². The van der Waals surface area contributed by atoms with E-state index in [9.17, 15) is 9.50 Å². The Morgan fingerprint density at radius 2 is 2.04 bits per heavy atom. The molecule has 1 aromatic heterocycles. The van der Waals surface area contributed by atoms with Crippen molar-refractivity contribution in [3.8, 4) is 0 Å². The van der Waals surface area contributed by atoms with Crippen molar-refractivity contribution in [2.45, 2.75) is 46.3 Å². The first kappa shape index (κ1) is 20.9. The molecule has 2 atom stereocenters. The van der Waals surface area contributed by atoms with E-state index in [1.54, 1.807) is 18.2 Å². The summed E-state index contributed by atoms with van der Waals surface area (Å²) >= 11 is 0. The highest BCUT2D eigenvalue weighted by atomic mass is 19.1. The fourth-order valence-corrected chi connectivity index (χ4v) is 3.04. The first-order valence-corrected chi connectivity index (χ1v) is 9.29. The molecule has 0 amide bonds. The summed E-state index contributed by atoms with van der Waals surface area (Å²) in [6, 6.07) is 6.34. The van der Waals surface area contributed by atoms with Crippen LogP contribution in [0, 0.1) is 19.7 Å². The number of benzene rings is 1. The third-order valence-corrected chi connectivity index (χ3v) is 4.58. The monoisotopic (exact) mass is 375 g/mol. The standard InChI is InChI=1S/C20H30FN5O/c1-6-22-20(23-12-19(27)16-9-7-8-10-18(16)21)24-13(2)11-17-14(3)25-26(5)15(17)4/h7-10,13,19,27H,6,11-12H2,1-5H3,(H2,22,23,24). The molecule has 6 nitrogen and oxygen atoms in total. The number of rotatable bonds is 7. The molecule has 0 spiro atoms. The molecule has 0 radical (unpaired) electrons. The zero-order valence-electron chi connectivity index (χ0n) is 16.8. The van der Waals surface area contributed by atoms with Gasteiger partial charge in [-0.05, 0) is 45.7 Å². The van der Waals surface area contributed by atoms with Crippen LogP contribution in [0.15, 0.2) is 29.3 Å². The predicted molar refractivity (Wildman–Crippen MR) is 106 cm³/mol. The summed E-state index contributed by atoms with van der Waals surface area (Å²) in [5, 5.41) is 21.2. The molecule has 148 valence electrons. The van der Waals surface area contributed by atoms with Crippen molar-refractivity contribution in [1.82, 2.24) is 20.4 Å². The van der Waals surface area contributed by atoms with Crippen LogP contribution in [0.5, 0.6) is 0 Å². The molecule has 0 aliphatic heterocycles. The maximum atomic E-state index is 13.8. The minimum Gasteiger partial charge on any atom is -0.386 e. The van der Waals surface area contributed by atoms with E-state index in [1.807, 2.05) is 25.6 Å². The van der Waals surface area contributed by atoms with Gasteiger partial charge in [-0.3, -0.25) is 9.67 Å². The van der Waals surface area contributed by atoms with Gasteiger partial charge in [-0.15, -0.1) is 0 Å². The van der Waals surface area contributed by atoms with Gasteiger partial charge in [0.15, 0.2) is 5.96 Å². The summed E-state index contributed by atoms with van der Waals surface area (Å²) < 4.78 is 15.7. The Balaban J connectivity index is 2.03. The number of aliphatic hydroxyl groups is 1. The summed E-state index contributed by atoms with van der Waals surface area (Å²) in [7, 11) is 1.94. The fraction of sp³-hybridized carbons (Fsp3) is 0.500. The molecule has 2 aromatic rings. The summed E-state index contributed by atoms with van der Waals surface area (Å²) in [4.78, 5) is 4.42. The Morgan fingerprint density at radius 1 is 1.33 bits per heavy atom. The van der Waals surface area contributed by atoms with Crippen molar-refractivity contribution < 1.29 is 9.50 Å². The van der Waals surface area contributed by atoms with Crippen LogP contribution in [0.1, 0.15) is 42.5 Å². The molecule has 7 heteroatoms. The molecule has 0 bridgehead atoms. The van der Waals surface area contributed by atoms with Gasteiger partial charge in [-0.25, -0.2) is 4.39 Å². The summed E-state index contributed by atoms with van der Waals surface area (Å²) in [5.74, 6) is 0.175. The number of guanidine groups is 1. The van der Waals surface area contributed by atoms with Crippen LogP contribution in [-0.2, 0) is 13.5 Å². The number of hydrogen-bond acceptors (Lipinski definition) is 3. The van der Waals surface area contributed by atoms with Crippen LogP contribution < -0.4 is 10.6 Å². The molecule has 3 N–H and O–H groups in total. The lowest BCUT2D eigenvalue weighted by molar-refractivity contribution is 0.182. The molecule has 0 fully saturated rings. The van der Waals surface area contributed by atoms with E-state index >= 15 is 0 Å². The molecule has 2 rings (SSSR count). The fourth-order valence-electron chi connectivity index (χ4n) is 3.04. The third-order valence-electron chi connectivity index (χ3n) is 4.58. The second-order valence-electron chi connectivity index (χ2n) is 6.78. The molecular weight excluding hydrogens is 345 g/mol. The largest absolute Gasteiger partial charge is 0.386 e. The molecule has 1 heterocycles. The zero-order chi connectivity index (χ0) is 20.0. The van der Waals surface area contributed by atoms with Crippen LogP contribution in [0.3, 0.4) is 0 Å². The maximum absolute atomic E-state index is 13.8. The Bertz CT molecular complexity index is 787. The van der Waals surface area contributed by atoms with Gasteiger partial charge in [0.25, 0.3) is 0 Å². The van der Waals surface area contributed by atoms with Gasteiger partial charge in [0.2, 0.25) is 0 Å². The number of nitrogens with zero attached hydrogens (tertiary/aromatic N) is 3. The summed E-state index contributed by atoms with van der Waals surface area (Å²) in [6.07, 6.45) is -0.175. The number of halogens is 1. The molecule has 0 saturated carbocycles. The highest BCUT2D eigenvalue weighted by molar-refractivity contribution is 5.80. The number of hydrogen-bond donors (Lipinski definition) is 3. The Morgan fingerprint density at radius 3 is 2.63 bits per heavy atom. The van der Waals surface area contributed by atoms with Crippen molar-refractivity contribution >= 4 is 5.96 Å². The summed E-state index contributed by atoms with van der Waals surface area (Å²) in [5.41, 5.74) is 3.66. The van der Waals surface area contributed by atoms with Gasteiger partial charge in [-0.2, -0.15) is 5.10 Å². The van der Waals surface area contributed by atoms with Crippen molar-refractivity contribution in [2.24, 2.45) is 12.0 Å². The maximum Gasteiger partial charge on any atom is 0.191 e. The molecule has 2 unspecified atom stereocenters. The van der Waals surface area contributed by atoms with Crippen LogP contribution in [-0.4, -0.2) is 40.0 Å². The Kier molecular flexibility index (Phi) is 7.36. The zero-order valence-corrected chi connectivity index (χ0v) is 16.8. The lowest BCUT2D eigenvalue weighted by atomic mass is 10.1. The number of nitrogens with one attached hydrogen (secondary N) is 2. The first-order valence-electron chi connectivity index (χ1n) is 9.29. The normalized spacial score (nSPS) is 14.1. The lowest BCUT2D eigenvalue weighted by Gasteiger charge is -2.19. The average Bonchev–Trinajstić information content (AvgIpc) is 2.86. The number of aliphatic hydroxyl groups excluding tert-OH is 1. The van der Waals surface area contributed by atoms with Gasteiger partial charge < -0.3 is 15.7 Å². The highest BCUT2D eigenvalue weighted by Gasteiger charge is 2.15. The quantitative estimate of drug-likeness (QED) is 0.513. The minimum absolute atomic E-state index is 0.0773. The van der Waals surface area contributed by atoms with Gasteiger partial charge in [0.1, 0.15) is 11.9 Å². The minimum atomic E-state index is -0.986. The predicted octanol–water partition coefficient (Wildman–Crippen LogP) is 2.40. The average molecular weight is 375 g/mol. The van der Waals surface area contributed by atoms with Crippen LogP contribution in [0.4, 0.5) is 4.39 Å². The van der Waals surface area contributed by atoms with Crippen molar-refractivity contribution in [2.75, 3.05) is 13.1 Å². The first-order chi connectivity index (χ1) is 12.8. The molecule has 0 aliphatic carbocycles. The SMILES string of the molecule is CCNC(=NCC(O)c1ccccc1F)NC(C)Cc1c(C)nn(C)c1C. The summed E-state index contributed by atoms with van der Waals surface area (Å²) in [6.45, 7) is 8.90. The topological polar surface area (TPSA) is 74.5 Å². The lowest BCUT2D eigenvalue weighted by Crippen LogP contribution is -2.43. The van der Waals surface area contributed by atoms with E-state index in [1.165, 1.54) is 11.6 Å². The van der Waals surface area contributed by atoms with E-state index in [-0.39, 0.29) is 18.2 Å². The molecular formula is C20H30FN5O. The van der Waals surface area contributed by atoms with Gasteiger partial charge in [0, 0.05) is 30.9 Å². The second-order valence-corrected chi connectivity index (χ2v) is 6.78. The van der Waals surface area contributed by atoms with E-state index in [2.05, 4.69) is 34.6 Å². The molecule has 27 heavy (non-hydrogen) atoms. The van der Waals surface area contributed by atoms with Crippen LogP contribution >= 0.6 is 0 Å². The number of aryl methyl sites for hydroxylation is 2. The van der Waals surface area contributed by atoms with Crippen LogP contribution in [0.25, 0.3) is 0 Å². The van der Waals surface area contributed by atoms with E-state index in [4.69, 9.17) is 0 Å². The van der Waals surface area contributed by atoms with Crippen LogP contribution in [0.2, 0.25) is 0 Å². The second kappa shape index (κ2) is 9.50. The molecule has 0 saturated heterocycles. The number of aliphatic imine (C=N–C) groups is 1. The van der Waals surface area contributed by atoms with E-state index < -0.39 is 11.9 Å². The van der Waals surface area contributed by atoms with Gasteiger partial charge in [-0.1, -0.05) is 18.2 Å². The number of aromatic nitrogens is 2. The van der Waals surface area contributed by atoms with Crippen molar-refractivity contribution in [3.05, 3.63) is 52.6 Å². The van der Waals surface area contributed by atoms with Crippen molar-refractivity contribution in [3.63, 3.8) is 0 Å². The smallest absolute Gasteiger partial charge is 0.191 e. The Labute approximate surface area is 160 Å². The van der Waals surface area contributed by atoms with E-state index in [0.29, 0.717) is 12.5 Å². The molecule has 1 aromatic carbocycles. The van der Waals surface area contributed by atoms with E-state index in [0.717, 1.165) is 17.8 Å².